The minimum Gasteiger partial charge on any atom is -0.345 e. The molecule has 2 heterocycles. The van der Waals surface area contributed by atoms with Crippen LogP contribution in [0, 0.1) is 5.92 Å². The van der Waals surface area contributed by atoms with E-state index in [4.69, 9.17) is 4.98 Å². The van der Waals surface area contributed by atoms with Crippen LogP contribution in [0.5, 0.6) is 0 Å². The summed E-state index contributed by atoms with van der Waals surface area (Å²) in [7, 11) is 0. The Balaban J connectivity index is 2.10. The van der Waals surface area contributed by atoms with Crippen LogP contribution in [0.15, 0.2) is 0 Å². The number of aryl methyl sites for hydroxylation is 1. The number of thiazole rings is 1. The molecule has 0 saturated carbocycles. The molecule has 0 aliphatic carbocycles. The van der Waals surface area contributed by atoms with E-state index in [1.807, 2.05) is 11.3 Å². The Morgan fingerprint density at radius 3 is 2.76 bits per heavy atom. The molecule has 0 spiro atoms. The highest BCUT2D eigenvalue weighted by Crippen LogP contribution is 2.33. The van der Waals surface area contributed by atoms with Crippen molar-refractivity contribution in [3.05, 3.63) is 10.6 Å². The van der Waals surface area contributed by atoms with Crippen molar-refractivity contribution in [2.45, 2.75) is 72.4 Å². The SMILES string of the molecule is CCCNCc1sc(N2CCC(C)CC2C)nc1CCC. The second-order valence-electron chi connectivity index (χ2n) is 6.47. The van der Waals surface area contributed by atoms with E-state index in [0.717, 1.165) is 25.4 Å². The standard InChI is InChI=1S/C17H31N3S/c1-5-7-15-16(12-18-9-6-2)21-17(19-15)20-10-8-13(3)11-14(20)4/h13-14,18H,5-12H2,1-4H3. The smallest absolute Gasteiger partial charge is 0.186 e. The molecule has 1 saturated heterocycles. The first-order chi connectivity index (χ1) is 10.2. The Morgan fingerprint density at radius 2 is 2.10 bits per heavy atom. The van der Waals surface area contributed by atoms with Gasteiger partial charge >= 0.3 is 0 Å². The average molecular weight is 310 g/mol. The van der Waals surface area contributed by atoms with Gasteiger partial charge < -0.3 is 10.2 Å². The van der Waals surface area contributed by atoms with E-state index >= 15 is 0 Å². The van der Waals surface area contributed by atoms with Crippen molar-refractivity contribution in [1.82, 2.24) is 10.3 Å². The molecule has 21 heavy (non-hydrogen) atoms. The molecule has 3 nitrogen and oxygen atoms in total. The number of hydrogen-bond acceptors (Lipinski definition) is 4. The third-order valence-corrected chi connectivity index (χ3v) is 5.48. The zero-order chi connectivity index (χ0) is 15.2. The number of rotatable bonds is 7. The highest BCUT2D eigenvalue weighted by Gasteiger charge is 2.26. The van der Waals surface area contributed by atoms with Crippen molar-refractivity contribution in [2.75, 3.05) is 18.0 Å². The molecule has 1 aliphatic rings. The van der Waals surface area contributed by atoms with Crippen molar-refractivity contribution in [3.63, 3.8) is 0 Å². The minimum atomic E-state index is 0.630. The molecule has 1 aliphatic heterocycles. The Morgan fingerprint density at radius 1 is 1.29 bits per heavy atom. The van der Waals surface area contributed by atoms with Gasteiger partial charge in [0.2, 0.25) is 0 Å². The maximum absolute atomic E-state index is 4.98. The summed E-state index contributed by atoms with van der Waals surface area (Å²) in [5, 5.41) is 4.79. The Labute approximate surface area is 134 Å². The van der Waals surface area contributed by atoms with Gasteiger partial charge in [0.15, 0.2) is 5.13 Å². The van der Waals surface area contributed by atoms with Gasteiger partial charge in [0.25, 0.3) is 0 Å². The fourth-order valence-corrected chi connectivity index (χ4v) is 4.34. The quantitative estimate of drug-likeness (QED) is 0.764. The molecule has 120 valence electrons. The Bertz CT molecular complexity index is 430. The van der Waals surface area contributed by atoms with Gasteiger partial charge in [-0.1, -0.05) is 27.2 Å². The Hall–Kier alpha value is -0.610. The van der Waals surface area contributed by atoms with Gasteiger partial charge in [-0.15, -0.1) is 11.3 Å². The minimum absolute atomic E-state index is 0.630. The van der Waals surface area contributed by atoms with E-state index in [9.17, 15) is 0 Å². The van der Waals surface area contributed by atoms with E-state index in [0.29, 0.717) is 6.04 Å². The third kappa shape index (κ3) is 4.43. The summed E-state index contributed by atoms with van der Waals surface area (Å²) in [4.78, 5) is 8.97. The number of nitrogens with one attached hydrogen (secondary N) is 1. The van der Waals surface area contributed by atoms with Gasteiger partial charge in [-0.3, -0.25) is 0 Å². The fourth-order valence-electron chi connectivity index (χ4n) is 3.13. The van der Waals surface area contributed by atoms with Crippen LogP contribution in [0.3, 0.4) is 0 Å². The van der Waals surface area contributed by atoms with Crippen molar-refractivity contribution < 1.29 is 0 Å². The van der Waals surface area contributed by atoms with Crippen molar-refractivity contribution >= 4 is 16.5 Å². The predicted molar refractivity (Wildman–Crippen MR) is 93.3 cm³/mol. The second kappa shape index (κ2) is 8.14. The molecule has 1 N–H and O–H groups in total. The summed E-state index contributed by atoms with van der Waals surface area (Å²) < 4.78 is 0. The number of nitrogens with zero attached hydrogens (tertiary/aromatic N) is 2. The summed E-state index contributed by atoms with van der Waals surface area (Å²) in [6.07, 6.45) is 6.08. The van der Waals surface area contributed by atoms with E-state index in [1.165, 1.54) is 47.9 Å². The molecule has 0 radical (unpaired) electrons. The predicted octanol–water partition coefficient (Wildman–Crippen LogP) is 4.22. The van der Waals surface area contributed by atoms with Crippen LogP contribution in [0.2, 0.25) is 0 Å². The van der Waals surface area contributed by atoms with Crippen LogP contribution in [-0.4, -0.2) is 24.1 Å². The molecule has 1 aromatic rings. The summed E-state index contributed by atoms with van der Waals surface area (Å²) in [5.74, 6) is 0.858. The van der Waals surface area contributed by atoms with Gasteiger partial charge in [0, 0.05) is 24.0 Å². The molecule has 2 atom stereocenters. The molecule has 0 amide bonds. The van der Waals surface area contributed by atoms with Crippen molar-refractivity contribution in [3.8, 4) is 0 Å². The lowest BCUT2D eigenvalue weighted by Crippen LogP contribution is -2.40. The first kappa shape index (κ1) is 16.8. The van der Waals surface area contributed by atoms with Gasteiger partial charge in [-0.25, -0.2) is 4.98 Å². The van der Waals surface area contributed by atoms with Gasteiger partial charge in [0.05, 0.1) is 5.69 Å². The number of anilines is 1. The van der Waals surface area contributed by atoms with E-state index in [-0.39, 0.29) is 0 Å². The molecule has 1 aromatic heterocycles. The molecular formula is C17H31N3S. The van der Waals surface area contributed by atoms with Crippen LogP contribution in [0.1, 0.15) is 63.9 Å². The monoisotopic (exact) mass is 309 g/mol. The third-order valence-electron chi connectivity index (χ3n) is 4.35. The lowest BCUT2D eigenvalue weighted by molar-refractivity contribution is 0.377. The highest BCUT2D eigenvalue weighted by molar-refractivity contribution is 7.15. The number of piperidine rings is 1. The average Bonchev–Trinajstić information content (AvgIpc) is 2.82. The largest absolute Gasteiger partial charge is 0.345 e. The van der Waals surface area contributed by atoms with Crippen molar-refractivity contribution in [1.29, 1.82) is 0 Å². The Kier molecular flexibility index (Phi) is 6.49. The molecule has 2 rings (SSSR count). The lowest BCUT2D eigenvalue weighted by Gasteiger charge is -2.36. The fraction of sp³-hybridized carbons (Fsp3) is 0.824. The van der Waals surface area contributed by atoms with Crippen LogP contribution in [-0.2, 0) is 13.0 Å². The van der Waals surface area contributed by atoms with E-state index in [1.54, 1.807) is 0 Å². The van der Waals surface area contributed by atoms with E-state index < -0.39 is 0 Å². The molecule has 1 fully saturated rings. The molecule has 0 bridgehead atoms. The summed E-state index contributed by atoms with van der Waals surface area (Å²) in [6, 6.07) is 0.630. The molecule has 2 unspecified atom stereocenters. The summed E-state index contributed by atoms with van der Waals surface area (Å²) in [5.41, 5.74) is 1.33. The zero-order valence-electron chi connectivity index (χ0n) is 14.1. The van der Waals surface area contributed by atoms with Crippen LogP contribution in [0.4, 0.5) is 5.13 Å². The van der Waals surface area contributed by atoms with Crippen LogP contribution >= 0.6 is 11.3 Å². The number of aromatic nitrogens is 1. The molecule has 4 heteroatoms. The van der Waals surface area contributed by atoms with Gasteiger partial charge in [-0.05, 0) is 45.1 Å². The maximum atomic E-state index is 4.98. The first-order valence-corrected chi connectivity index (χ1v) is 9.43. The molecular weight excluding hydrogens is 278 g/mol. The lowest BCUT2D eigenvalue weighted by atomic mass is 9.94. The summed E-state index contributed by atoms with van der Waals surface area (Å²) >= 11 is 1.91. The van der Waals surface area contributed by atoms with Crippen molar-refractivity contribution in [2.24, 2.45) is 5.92 Å². The maximum Gasteiger partial charge on any atom is 0.186 e. The van der Waals surface area contributed by atoms with Crippen LogP contribution < -0.4 is 10.2 Å². The topological polar surface area (TPSA) is 28.2 Å². The van der Waals surface area contributed by atoms with Gasteiger partial charge in [0.1, 0.15) is 0 Å². The first-order valence-electron chi connectivity index (χ1n) is 8.61. The molecule has 0 aromatic carbocycles. The van der Waals surface area contributed by atoms with E-state index in [2.05, 4.69) is 37.9 Å². The van der Waals surface area contributed by atoms with Crippen LogP contribution in [0.25, 0.3) is 0 Å². The summed E-state index contributed by atoms with van der Waals surface area (Å²) in [6.45, 7) is 12.4. The second-order valence-corrected chi connectivity index (χ2v) is 7.53. The normalized spacial score (nSPS) is 22.8. The highest BCUT2D eigenvalue weighted by atomic mass is 32.1. The number of hydrogen-bond donors (Lipinski definition) is 1. The zero-order valence-corrected chi connectivity index (χ0v) is 14.9. The van der Waals surface area contributed by atoms with Gasteiger partial charge in [-0.2, -0.15) is 0 Å².